The van der Waals surface area contributed by atoms with Gasteiger partial charge in [-0.25, -0.2) is 4.98 Å². The molecule has 1 N–H and O–H groups in total. The monoisotopic (exact) mass is 302 g/mol. The Bertz CT molecular complexity index is 769. The molecule has 2 nitrogen and oxygen atoms in total. The second-order valence-corrected chi connectivity index (χ2v) is 6.41. The normalized spacial score (nSPS) is 11.0. The van der Waals surface area contributed by atoms with Gasteiger partial charge < -0.3 is 5.32 Å². The fraction of sp³-hybridized carbons (Fsp3) is 0.188. The lowest BCUT2D eigenvalue weighted by Gasteiger charge is -2.11. The van der Waals surface area contributed by atoms with Gasteiger partial charge in [-0.1, -0.05) is 46.7 Å². The highest BCUT2D eigenvalue weighted by atomic mass is 35.5. The number of anilines is 2. The topological polar surface area (TPSA) is 24.9 Å². The van der Waals surface area contributed by atoms with Crippen molar-refractivity contribution in [2.75, 3.05) is 5.32 Å². The zero-order valence-corrected chi connectivity index (χ0v) is 13.2. The van der Waals surface area contributed by atoms with Crippen LogP contribution in [0.5, 0.6) is 0 Å². The van der Waals surface area contributed by atoms with Gasteiger partial charge in [0.05, 0.1) is 15.2 Å². The number of rotatable bonds is 2. The summed E-state index contributed by atoms with van der Waals surface area (Å²) in [7, 11) is 0. The molecule has 2 aromatic carbocycles. The van der Waals surface area contributed by atoms with Crippen molar-refractivity contribution in [2.24, 2.45) is 0 Å². The molecule has 1 aromatic heterocycles. The van der Waals surface area contributed by atoms with Gasteiger partial charge in [-0.15, -0.1) is 0 Å². The second-order valence-electron chi connectivity index (χ2n) is 5.01. The summed E-state index contributed by atoms with van der Waals surface area (Å²) in [5.74, 6) is 0. The highest BCUT2D eigenvalue weighted by molar-refractivity contribution is 7.22. The summed E-state index contributed by atoms with van der Waals surface area (Å²) in [6.07, 6.45) is 0. The first kappa shape index (κ1) is 13.4. The molecule has 0 aliphatic carbocycles. The number of aryl methyl sites for hydroxylation is 3. The molecule has 0 atom stereocenters. The Morgan fingerprint density at radius 1 is 1.10 bits per heavy atom. The van der Waals surface area contributed by atoms with Gasteiger partial charge in [-0.05, 0) is 44.0 Å². The van der Waals surface area contributed by atoms with E-state index < -0.39 is 0 Å². The Morgan fingerprint density at radius 3 is 2.45 bits per heavy atom. The molecule has 102 valence electrons. The third-order valence-corrected chi connectivity index (χ3v) is 4.72. The molecule has 20 heavy (non-hydrogen) atoms. The number of fused-ring (bicyclic) bond motifs is 1. The number of benzene rings is 2. The Labute approximate surface area is 127 Å². The molecule has 0 unspecified atom stereocenters. The van der Waals surface area contributed by atoms with Gasteiger partial charge in [0.1, 0.15) is 0 Å². The van der Waals surface area contributed by atoms with E-state index in [1.165, 1.54) is 16.7 Å². The van der Waals surface area contributed by atoms with E-state index in [2.05, 4.69) is 43.2 Å². The average molecular weight is 303 g/mol. The van der Waals surface area contributed by atoms with Crippen LogP contribution in [0.15, 0.2) is 30.3 Å². The van der Waals surface area contributed by atoms with E-state index in [1.807, 2.05) is 18.2 Å². The van der Waals surface area contributed by atoms with Gasteiger partial charge in [0.2, 0.25) is 0 Å². The quantitative estimate of drug-likeness (QED) is 0.664. The second kappa shape index (κ2) is 5.08. The van der Waals surface area contributed by atoms with E-state index in [1.54, 1.807) is 11.3 Å². The smallest absolute Gasteiger partial charge is 0.188 e. The van der Waals surface area contributed by atoms with E-state index in [0.29, 0.717) is 0 Å². The predicted octanol–water partition coefficient (Wildman–Crippen LogP) is 5.62. The molecular weight excluding hydrogens is 288 g/mol. The highest BCUT2D eigenvalue weighted by Crippen LogP contribution is 2.34. The fourth-order valence-electron chi connectivity index (χ4n) is 2.45. The molecule has 0 saturated carbocycles. The van der Waals surface area contributed by atoms with Crippen LogP contribution in [0.2, 0.25) is 5.02 Å². The van der Waals surface area contributed by atoms with Crippen LogP contribution in [0.1, 0.15) is 16.7 Å². The average Bonchev–Trinajstić information content (AvgIpc) is 2.78. The Hall–Kier alpha value is -1.58. The summed E-state index contributed by atoms with van der Waals surface area (Å²) in [5.41, 5.74) is 5.80. The molecule has 3 aromatic rings. The minimum absolute atomic E-state index is 0.755. The van der Waals surface area contributed by atoms with Gasteiger partial charge in [0, 0.05) is 5.69 Å². The van der Waals surface area contributed by atoms with Crippen LogP contribution < -0.4 is 5.32 Å². The largest absolute Gasteiger partial charge is 0.331 e. The molecule has 0 amide bonds. The minimum Gasteiger partial charge on any atom is -0.331 e. The number of nitrogens with one attached hydrogen (secondary N) is 1. The summed E-state index contributed by atoms with van der Waals surface area (Å²) >= 11 is 7.79. The van der Waals surface area contributed by atoms with E-state index in [4.69, 9.17) is 11.6 Å². The van der Waals surface area contributed by atoms with Crippen LogP contribution in [0.4, 0.5) is 10.8 Å². The first-order valence-corrected chi connectivity index (χ1v) is 7.64. The number of aromatic nitrogens is 1. The molecule has 4 heteroatoms. The zero-order valence-electron chi connectivity index (χ0n) is 11.6. The van der Waals surface area contributed by atoms with Gasteiger partial charge in [0.25, 0.3) is 0 Å². The van der Waals surface area contributed by atoms with Crippen molar-refractivity contribution < 1.29 is 0 Å². The predicted molar refractivity (Wildman–Crippen MR) is 88.6 cm³/mol. The number of nitrogens with zero attached hydrogens (tertiary/aromatic N) is 1. The van der Waals surface area contributed by atoms with E-state index >= 15 is 0 Å². The third-order valence-electron chi connectivity index (χ3n) is 3.28. The van der Waals surface area contributed by atoms with E-state index in [0.717, 1.165) is 26.1 Å². The Morgan fingerprint density at radius 2 is 1.80 bits per heavy atom. The Balaban J connectivity index is 2.04. The minimum atomic E-state index is 0.755. The Kier molecular flexibility index (Phi) is 3.40. The summed E-state index contributed by atoms with van der Waals surface area (Å²) in [4.78, 5) is 4.60. The summed E-state index contributed by atoms with van der Waals surface area (Å²) in [5, 5.41) is 5.07. The van der Waals surface area contributed by atoms with Crippen molar-refractivity contribution in [2.45, 2.75) is 20.8 Å². The number of hydrogen-bond donors (Lipinski definition) is 1. The molecule has 0 fully saturated rings. The van der Waals surface area contributed by atoms with Crippen molar-refractivity contribution in [1.82, 2.24) is 4.98 Å². The lowest BCUT2D eigenvalue weighted by atomic mass is 10.1. The number of halogens is 1. The third kappa shape index (κ3) is 2.39. The molecule has 3 rings (SSSR count). The van der Waals surface area contributed by atoms with E-state index in [-0.39, 0.29) is 0 Å². The molecule has 0 radical (unpaired) electrons. The summed E-state index contributed by atoms with van der Waals surface area (Å²) in [6.45, 7) is 6.34. The maximum Gasteiger partial charge on any atom is 0.188 e. The molecule has 0 bridgehead atoms. The SMILES string of the molecule is Cc1cc(C)c(Nc2nc3cccc(Cl)c3s2)c(C)c1. The van der Waals surface area contributed by atoms with Crippen molar-refractivity contribution in [3.8, 4) is 0 Å². The van der Waals surface area contributed by atoms with Crippen molar-refractivity contribution >= 4 is 44.0 Å². The van der Waals surface area contributed by atoms with Crippen LogP contribution in [0, 0.1) is 20.8 Å². The summed E-state index contributed by atoms with van der Waals surface area (Å²) < 4.78 is 1.03. The molecule has 0 aliphatic heterocycles. The lowest BCUT2D eigenvalue weighted by molar-refractivity contribution is 1.30. The van der Waals surface area contributed by atoms with Crippen LogP contribution in [-0.2, 0) is 0 Å². The summed E-state index contributed by atoms with van der Waals surface area (Å²) in [6, 6.07) is 10.2. The first-order chi connectivity index (χ1) is 9.54. The maximum absolute atomic E-state index is 6.20. The van der Waals surface area contributed by atoms with Gasteiger partial charge in [-0.3, -0.25) is 0 Å². The fourth-order valence-corrected chi connectivity index (χ4v) is 3.61. The van der Waals surface area contributed by atoms with E-state index in [9.17, 15) is 0 Å². The lowest BCUT2D eigenvalue weighted by Crippen LogP contribution is -1.96. The van der Waals surface area contributed by atoms with Crippen LogP contribution in [0.3, 0.4) is 0 Å². The van der Waals surface area contributed by atoms with Crippen molar-refractivity contribution in [1.29, 1.82) is 0 Å². The molecule has 0 aliphatic rings. The first-order valence-electron chi connectivity index (χ1n) is 6.44. The number of hydrogen-bond acceptors (Lipinski definition) is 3. The standard InChI is InChI=1S/C16H15ClN2S/c1-9-7-10(2)14(11(3)8-9)19-16-18-13-6-4-5-12(17)15(13)20-16/h4-8H,1-3H3,(H,18,19). The number of thiazole rings is 1. The zero-order chi connectivity index (χ0) is 14.3. The highest BCUT2D eigenvalue weighted by Gasteiger charge is 2.09. The van der Waals surface area contributed by atoms with Crippen LogP contribution in [-0.4, -0.2) is 4.98 Å². The molecule has 0 spiro atoms. The van der Waals surface area contributed by atoms with Gasteiger partial charge in [0.15, 0.2) is 5.13 Å². The van der Waals surface area contributed by atoms with Crippen molar-refractivity contribution in [3.63, 3.8) is 0 Å². The van der Waals surface area contributed by atoms with Gasteiger partial charge >= 0.3 is 0 Å². The molecule has 1 heterocycles. The van der Waals surface area contributed by atoms with Crippen LogP contribution >= 0.6 is 22.9 Å². The molecular formula is C16H15ClN2S. The van der Waals surface area contributed by atoms with Gasteiger partial charge in [-0.2, -0.15) is 0 Å². The maximum atomic E-state index is 6.20. The molecule has 0 saturated heterocycles. The van der Waals surface area contributed by atoms with Crippen molar-refractivity contribution in [3.05, 3.63) is 52.0 Å². The van der Waals surface area contributed by atoms with Crippen LogP contribution in [0.25, 0.3) is 10.2 Å².